The lowest BCUT2D eigenvalue weighted by Crippen LogP contribution is -2.31. The molecule has 2 aromatic rings. The van der Waals surface area contributed by atoms with Crippen molar-refractivity contribution in [3.63, 3.8) is 0 Å². The Kier molecular flexibility index (Phi) is 5.50. The summed E-state index contributed by atoms with van der Waals surface area (Å²) >= 11 is 1.54. The minimum absolute atomic E-state index is 0.114. The number of anilines is 1. The molecule has 1 aliphatic heterocycles. The molecule has 3 rings (SSSR count). The van der Waals surface area contributed by atoms with Crippen molar-refractivity contribution in [1.82, 2.24) is 5.32 Å². The van der Waals surface area contributed by atoms with Crippen LogP contribution in [0.15, 0.2) is 59.7 Å². The van der Waals surface area contributed by atoms with E-state index in [4.69, 9.17) is 0 Å². The Hall–Kier alpha value is -2.60. The van der Waals surface area contributed by atoms with Gasteiger partial charge in [0.05, 0.1) is 17.9 Å². The van der Waals surface area contributed by atoms with Crippen LogP contribution >= 0.6 is 11.8 Å². The fourth-order valence-corrected chi connectivity index (χ4v) is 3.40. The molecule has 0 aromatic heterocycles. The van der Waals surface area contributed by atoms with Gasteiger partial charge in [-0.2, -0.15) is 10.1 Å². The quantitative estimate of drug-likeness (QED) is 0.898. The maximum Gasteiger partial charge on any atom is 0.255 e. The summed E-state index contributed by atoms with van der Waals surface area (Å²) in [6.07, 6.45) is 0.114. The highest BCUT2D eigenvalue weighted by atomic mass is 32.2. The molecule has 2 aromatic carbocycles. The number of amidine groups is 1. The van der Waals surface area contributed by atoms with E-state index < -0.39 is 0 Å². The summed E-state index contributed by atoms with van der Waals surface area (Å²) in [5, 5.41) is 8.29. The number of nitrogens with zero attached hydrogens (tertiary/aromatic N) is 2. The number of thioether (sulfide) groups is 1. The first-order chi connectivity index (χ1) is 12.1. The first kappa shape index (κ1) is 17.2. The molecule has 1 N–H and O–H groups in total. The van der Waals surface area contributed by atoms with Crippen molar-refractivity contribution in [3.8, 4) is 0 Å². The van der Waals surface area contributed by atoms with Gasteiger partial charge in [0.2, 0.25) is 5.91 Å². The fraction of sp³-hybridized carbons (Fsp3) is 0.211. The second-order valence-corrected chi connectivity index (χ2v) is 6.72. The minimum Gasteiger partial charge on any atom is -0.312 e. The maximum absolute atomic E-state index is 12.1. The van der Waals surface area contributed by atoms with Crippen LogP contribution in [0.25, 0.3) is 0 Å². The van der Waals surface area contributed by atoms with Gasteiger partial charge in [0.1, 0.15) is 5.84 Å². The second-order valence-electron chi connectivity index (χ2n) is 5.73. The number of para-hydroxylation sites is 1. The fourth-order valence-electron chi connectivity index (χ4n) is 2.49. The van der Waals surface area contributed by atoms with E-state index >= 15 is 0 Å². The smallest absolute Gasteiger partial charge is 0.255 e. The largest absolute Gasteiger partial charge is 0.312 e. The highest BCUT2D eigenvalue weighted by Gasteiger charge is 2.26. The molecule has 0 atom stereocenters. The van der Waals surface area contributed by atoms with Crippen molar-refractivity contribution in [3.05, 3.63) is 65.7 Å². The molecule has 1 aliphatic rings. The molecule has 128 valence electrons. The first-order valence-electron chi connectivity index (χ1n) is 8.01. The summed E-state index contributed by atoms with van der Waals surface area (Å²) in [5.41, 5.74) is 3.15. The van der Waals surface area contributed by atoms with E-state index in [1.165, 1.54) is 16.1 Å². The number of nitrogens with one attached hydrogen (secondary N) is 1. The van der Waals surface area contributed by atoms with Crippen LogP contribution in [0.5, 0.6) is 0 Å². The van der Waals surface area contributed by atoms with Crippen molar-refractivity contribution >= 4 is 35.1 Å². The molecule has 0 fully saturated rings. The van der Waals surface area contributed by atoms with Crippen LogP contribution in [0.1, 0.15) is 17.5 Å². The van der Waals surface area contributed by atoms with Gasteiger partial charge in [0.15, 0.2) is 0 Å². The number of carbonyl (C=O) groups is 2. The zero-order chi connectivity index (χ0) is 17.6. The summed E-state index contributed by atoms with van der Waals surface area (Å²) in [7, 11) is 0. The molecule has 0 spiro atoms. The van der Waals surface area contributed by atoms with Crippen LogP contribution in [0, 0.1) is 6.92 Å². The van der Waals surface area contributed by atoms with E-state index in [0.29, 0.717) is 17.3 Å². The second kappa shape index (κ2) is 7.98. The average molecular weight is 353 g/mol. The van der Waals surface area contributed by atoms with Crippen molar-refractivity contribution in [2.24, 2.45) is 5.10 Å². The van der Waals surface area contributed by atoms with Gasteiger partial charge in [0.25, 0.3) is 5.91 Å². The molecule has 0 saturated heterocycles. The molecule has 0 aliphatic carbocycles. The third-order valence-electron chi connectivity index (χ3n) is 3.81. The Morgan fingerprint density at radius 2 is 1.88 bits per heavy atom. The highest BCUT2D eigenvalue weighted by Crippen LogP contribution is 2.19. The molecule has 0 unspecified atom stereocenters. The van der Waals surface area contributed by atoms with Gasteiger partial charge in [-0.25, -0.2) is 0 Å². The van der Waals surface area contributed by atoms with E-state index in [0.717, 1.165) is 5.75 Å². The lowest BCUT2D eigenvalue weighted by Gasteiger charge is -2.10. The third kappa shape index (κ3) is 4.48. The molecular weight excluding hydrogens is 334 g/mol. The minimum atomic E-state index is -0.144. The molecule has 0 saturated carbocycles. The third-order valence-corrected chi connectivity index (χ3v) is 4.79. The number of hydrogen-bond donors (Lipinski definition) is 1. The summed E-state index contributed by atoms with van der Waals surface area (Å²) in [5.74, 6) is 1.22. The number of rotatable bonds is 5. The monoisotopic (exact) mass is 353 g/mol. The number of hydrogen-bond acceptors (Lipinski definition) is 4. The lowest BCUT2D eigenvalue weighted by molar-refractivity contribution is -0.117. The van der Waals surface area contributed by atoms with Crippen molar-refractivity contribution in [1.29, 1.82) is 0 Å². The molecule has 5 nitrogen and oxygen atoms in total. The molecule has 6 heteroatoms. The average Bonchev–Trinajstić information content (AvgIpc) is 2.97. The summed E-state index contributed by atoms with van der Waals surface area (Å²) in [4.78, 5) is 24.1. The first-order valence-corrected chi connectivity index (χ1v) is 9.16. The highest BCUT2D eigenvalue weighted by molar-refractivity contribution is 7.99. The summed E-state index contributed by atoms with van der Waals surface area (Å²) in [6.45, 7) is 2.06. The van der Waals surface area contributed by atoms with E-state index in [9.17, 15) is 9.59 Å². The number of amides is 2. The number of benzene rings is 2. The van der Waals surface area contributed by atoms with Crippen LogP contribution in [-0.2, 0) is 15.3 Å². The zero-order valence-corrected chi connectivity index (χ0v) is 14.8. The van der Waals surface area contributed by atoms with Crippen LogP contribution in [0.3, 0.4) is 0 Å². The maximum atomic E-state index is 12.1. The summed E-state index contributed by atoms with van der Waals surface area (Å²) in [6, 6.07) is 17.3. The van der Waals surface area contributed by atoms with E-state index in [1.54, 1.807) is 11.8 Å². The Morgan fingerprint density at radius 1 is 1.16 bits per heavy atom. The predicted molar refractivity (Wildman–Crippen MR) is 101 cm³/mol. The van der Waals surface area contributed by atoms with Crippen LogP contribution < -0.4 is 10.3 Å². The topological polar surface area (TPSA) is 61.8 Å². The molecule has 0 radical (unpaired) electrons. The van der Waals surface area contributed by atoms with Crippen LogP contribution in [0.2, 0.25) is 0 Å². The van der Waals surface area contributed by atoms with Crippen molar-refractivity contribution in [2.75, 3.05) is 10.8 Å². The zero-order valence-electron chi connectivity index (χ0n) is 13.9. The SMILES string of the molecule is Cc1ccccc1CSCC(=O)NC1=NN(c2ccccc2)C(=O)C1. The molecule has 2 amide bonds. The Balaban J connectivity index is 1.51. The number of carbonyl (C=O) groups excluding carboxylic acids is 2. The Bertz CT molecular complexity index is 805. The van der Waals surface area contributed by atoms with Crippen LogP contribution in [-0.4, -0.2) is 23.4 Å². The van der Waals surface area contributed by atoms with E-state index in [1.807, 2.05) is 42.5 Å². The molecule has 1 heterocycles. The lowest BCUT2D eigenvalue weighted by atomic mass is 10.1. The van der Waals surface area contributed by atoms with E-state index in [-0.39, 0.29) is 18.2 Å². The van der Waals surface area contributed by atoms with Gasteiger partial charge in [-0.3, -0.25) is 9.59 Å². The van der Waals surface area contributed by atoms with Crippen molar-refractivity contribution in [2.45, 2.75) is 19.1 Å². The van der Waals surface area contributed by atoms with Gasteiger partial charge < -0.3 is 5.32 Å². The van der Waals surface area contributed by atoms with Crippen LogP contribution in [0.4, 0.5) is 5.69 Å². The van der Waals surface area contributed by atoms with Gasteiger partial charge in [0, 0.05) is 5.75 Å². The van der Waals surface area contributed by atoms with Gasteiger partial charge in [-0.15, -0.1) is 11.8 Å². The molecule has 25 heavy (non-hydrogen) atoms. The van der Waals surface area contributed by atoms with Gasteiger partial charge in [-0.05, 0) is 30.2 Å². The normalized spacial score (nSPS) is 13.7. The molecular formula is C19H19N3O2S. The molecule has 0 bridgehead atoms. The van der Waals surface area contributed by atoms with Crippen molar-refractivity contribution < 1.29 is 9.59 Å². The standard InChI is InChI=1S/C19H19N3O2S/c1-14-7-5-6-8-15(14)12-25-13-18(23)20-17-11-19(24)22(21-17)16-9-3-2-4-10-16/h2-10H,11-13H2,1H3,(H,20,21,23). The summed E-state index contributed by atoms with van der Waals surface area (Å²) < 4.78 is 0. The number of aryl methyl sites for hydroxylation is 1. The van der Waals surface area contributed by atoms with Gasteiger partial charge >= 0.3 is 0 Å². The van der Waals surface area contributed by atoms with E-state index in [2.05, 4.69) is 29.5 Å². The number of hydrazone groups is 1. The Morgan fingerprint density at radius 3 is 2.64 bits per heavy atom. The Labute approximate surface area is 151 Å². The predicted octanol–water partition coefficient (Wildman–Crippen LogP) is 3.09. The van der Waals surface area contributed by atoms with Gasteiger partial charge in [-0.1, -0.05) is 42.5 Å².